The number of carbonyl (C=O) groups is 2. The van der Waals surface area contributed by atoms with Crippen molar-refractivity contribution in [3.8, 4) is 0 Å². The van der Waals surface area contributed by atoms with Crippen molar-refractivity contribution < 1.29 is 14.3 Å². The third-order valence-corrected chi connectivity index (χ3v) is 7.56. The lowest BCUT2D eigenvalue weighted by Crippen LogP contribution is -2.55. The molecule has 2 amide bonds. The van der Waals surface area contributed by atoms with E-state index in [4.69, 9.17) is 4.74 Å². The molecule has 0 aliphatic carbocycles. The largest absolute Gasteiger partial charge is 0.381 e. The smallest absolute Gasteiger partial charge is 0.242 e. The molecule has 6 heteroatoms. The molecule has 0 saturated carbocycles. The summed E-state index contributed by atoms with van der Waals surface area (Å²) in [6, 6.07) is 6.23. The molecule has 1 aromatic rings. The van der Waals surface area contributed by atoms with Gasteiger partial charge in [-0.3, -0.25) is 14.5 Å². The molecule has 2 fully saturated rings. The number of likely N-dealkylation sites (tertiary alicyclic amines) is 1. The Bertz CT molecular complexity index is 815. The van der Waals surface area contributed by atoms with Crippen LogP contribution in [0.15, 0.2) is 18.2 Å². The number of nitrogens with one attached hydrogen (secondary N) is 2. The van der Waals surface area contributed by atoms with E-state index in [1.54, 1.807) is 0 Å². The molecule has 2 aliphatic heterocycles. The number of piperidine rings is 1. The Morgan fingerprint density at radius 1 is 1.03 bits per heavy atom. The topological polar surface area (TPSA) is 70.7 Å². The molecule has 190 valence electrons. The van der Waals surface area contributed by atoms with Crippen molar-refractivity contribution in [1.29, 1.82) is 0 Å². The first kappa shape index (κ1) is 26.7. The van der Waals surface area contributed by atoms with E-state index in [1.165, 1.54) is 16.7 Å². The van der Waals surface area contributed by atoms with E-state index in [0.717, 1.165) is 64.8 Å². The number of benzene rings is 1. The molecule has 6 nitrogen and oxygen atoms in total. The number of aryl methyl sites for hydroxylation is 2. The van der Waals surface area contributed by atoms with Crippen LogP contribution in [0.25, 0.3) is 0 Å². The van der Waals surface area contributed by atoms with Gasteiger partial charge in [0.05, 0.1) is 5.41 Å². The predicted octanol–water partition coefficient (Wildman–Crippen LogP) is 4.12. The zero-order valence-corrected chi connectivity index (χ0v) is 21.8. The zero-order valence-electron chi connectivity index (χ0n) is 21.8. The molecule has 3 rings (SSSR count). The Hall–Kier alpha value is -1.92. The highest BCUT2D eigenvalue weighted by Crippen LogP contribution is 2.38. The van der Waals surface area contributed by atoms with Gasteiger partial charge in [-0.25, -0.2) is 0 Å². The van der Waals surface area contributed by atoms with Gasteiger partial charge in [0.2, 0.25) is 11.8 Å². The fourth-order valence-electron chi connectivity index (χ4n) is 5.18. The van der Waals surface area contributed by atoms with Crippen molar-refractivity contribution >= 4 is 11.8 Å². The van der Waals surface area contributed by atoms with Gasteiger partial charge < -0.3 is 15.4 Å². The van der Waals surface area contributed by atoms with Gasteiger partial charge in [0.15, 0.2) is 0 Å². The number of amides is 2. The second-order valence-electron chi connectivity index (χ2n) is 10.8. The SMILES string of the molecule is Cc1ccc(CN2CCC3(CCCCOCCCNC(=O)[C@H](CC(C)C)NC3=O)CC2)cc1C. The summed E-state index contributed by atoms with van der Waals surface area (Å²) in [5.41, 5.74) is 3.58. The van der Waals surface area contributed by atoms with Crippen LogP contribution in [-0.2, 0) is 20.9 Å². The maximum atomic E-state index is 13.7. The van der Waals surface area contributed by atoms with Crippen LogP contribution < -0.4 is 10.6 Å². The Morgan fingerprint density at radius 3 is 2.47 bits per heavy atom. The zero-order chi connectivity index (χ0) is 24.6. The van der Waals surface area contributed by atoms with Crippen molar-refractivity contribution in [3.05, 3.63) is 34.9 Å². The molecule has 0 bridgehead atoms. The van der Waals surface area contributed by atoms with E-state index in [2.05, 4.69) is 61.4 Å². The first-order chi connectivity index (χ1) is 16.3. The van der Waals surface area contributed by atoms with E-state index in [9.17, 15) is 9.59 Å². The minimum absolute atomic E-state index is 0.0668. The summed E-state index contributed by atoms with van der Waals surface area (Å²) >= 11 is 0. The molecule has 2 saturated heterocycles. The van der Waals surface area contributed by atoms with Crippen LogP contribution in [0.2, 0.25) is 0 Å². The second kappa shape index (κ2) is 12.7. The average Bonchev–Trinajstić information content (AvgIpc) is 2.80. The maximum absolute atomic E-state index is 13.7. The highest BCUT2D eigenvalue weighted by atomic mass is 16.5. The molecular formula is C28H45N3O3. The van der Waals surface area contributed by atoms with Crippen LogP contribution in [0.4, 0.5) is 0 Å². The van der Waals surface area contributed by atoms with Crippen molar-refractivity contribution in [3.63, 3.8) is 0 Å². The van der Waals surface area contributed by atoms with Gasteiger partial charge in [-0.05, 0) is 88.1 Å². The minimum atomic E-state index is -0.471. The fraction of sp³-hybridized carbons (Fsp3) is 0.714. The molecule has 0 aromatic heterocycles. The predicted molar refractivity (Wildman–Crippen MR) is 137 cm³/mol. The van der Waals surface area contributed by atoms with Gasteiger partial charge in [0, 0.05) is 26.3 Å². The Labute approximate surface area is 206 Å². The molecule has 34 heavy (non-hydrogen) atoms. The van der Waals surface area contributed by atoms with E-state index >= 15 is 0 Å². The van der Waals surface area contributed by atoms with Crippen molar-refractivity contribution in [1.82, 2.24) is 15.5 Å². The number of ether oxygens (including phenoxy) is 1. The summed E-state index contributed by atoms with van der Waals surface area (Å²) in [5, 5.41) is 6.19. The minimum Gasteiger partial charge on any atom is -0.381 e. The maximum Gasteiger partial charge on any atom is 0.242 e. The van der Waals surface area contributed by atoms with Crippen LogP contribution in [0.1, 0.15) is 75.5 Å². The molecule has 1 atom stereocenters. The van der Waals surface area contributed by atoms with Gasteiger partial charge in [-0.1, -0.05) is 38.5 Å². The normalized spacial score (nSPS) is 23.4. The first-order valence-electron chi connectivity index (χ1n) is 13.2. The van der Waals surface area contributed by atoms with Gasteiger partial charge in [0.25, 0.3) is 0 Å². The third kappa shape index (κ3) is 7.54. The fourth-order valence-corrected chi connectivity index (χ4v) is 5.18. The third-order valence-electron chi connectivity index (χ3n) is 7.56. The molecule has 1 spiro atoms. The summed E-state index contributed by atoms with van der Waals surface area (Å²) in [6.45, 7) is 13.2. The molecule has 0 unspecified atom stereocenters. The highest BCUT2D eigenvalue weighted by Gasteiger charge is 2.42. The van der Waals surface area contributed by atoms with Gasteiger partial charge in [0.1, 0.15) is 6.04 Å². The number of rotatable bonds is 4. The molecule has 1 aromatic carbocycles. The number of hydrogen-bond acceptors (Lipinski definition) is 4. The molecule has 2 aliphatic rings. The number of nitrogens with zero attached hydrogens (tertiary/aromatic N) is 1. The van der Waals surface area contributed by atoms with Gasteiger partial charge >= 0.3 is 0 Å². The lowest BCUT2D eigenvalue weighted by molar-refractivity contribution is -0.138. The molecule has 0 radical (unpaired) electrons. The Balaban J connectivity index is 1.70. The summed E-state index contributed by atoms with van der Waals surface area (Å²) in [6.07, 6.45) is 5.93. The summed E-state index contributed by atoms with van der Waals surface area (Å²) in [5.74, 6) is 0.326. The van der Waals surface area contributed by atoms with E-state index in [0.29, 0.717) is 25.5 Å². The van der Waals surface area contributed by atoms with Crippen LogP contribution in [0, 0.1) is 25.2 Å². The highest BCUT2D eigenvalue weighted by molar-refractivity contribution is 5.90. The Kier molecular flexibility index (Phi) is 9.96. The van der Waals surface area contributed by atoms with Gasteiger partial charge in [-0.15, -0.1) is 0 Å². The summed E-state index contributed by atoms with van der Waals surface area (Å²) in [7, 11) is 0. The molecular weight excluding hydrogens is 426 g/mol. The van der Waals surface area contributed by atoms with Crippen LogP contribution in [-0.4, -0.2) is 55.6 Å². The van der Waals surface area contributed by atoms with Crippen LogP contribution in [0.3, 0.4) is 0 Å². The standard InChI is InChI=1S/C28H45N3O3/c1-21(2)18-25-26(32)29-13-7-17-34-16-6-5-10-28(27(33)30-25)11-14-31(15-12-28)20-24-9-8-22(3)23(4)19-24/h8-9,19,21,25H,5-7,10-18,20H2,1-4H3,(H,29,32)(H,30,33)/t25-/m0/s1. The van der Waals surface area contributed by atoms with E-state index < -0.39 is 11.5 Å². The van der Waals surface area contributed by atoms with Crippen molar-refractivity contribution in [2.75, 3.05) is 32.8 Å². The number of hydrogen-bond donors (Lipinski definition) is 2. The lowest BCUT2D eigenvalue weighted by atomic mass is 9.73. The molecule has 2 heterocycles. The van der Waals surface area contributed by atoms with Crippen LogP contribution in [0.5, 0.6) is 0 Å². The van der Waals surface area contributed by atoms with E-state index in [1.807, 2.05) is 0 Å². The first-order valence-corrected chi connectivity index (χ1v) is 13.2. The van der Waals surface area contributed by atoms with Crippen molar-refractivity contribution in [2.24, 2.45) is 11.3 Å². The van der Waals surface area contributed by atoms with E-state index in [-0.39, 0.29) is 11.8 Å². The average molecular weight is 472 g/mol. The quantitative estimate of drug-likeness (QED) is 0.693. The molecule has 2 N–H and O–H groups in total. The summed E-state index contributed by atoms with van der Waals surface area (Å²) in [4.78, 5) is 29.0. The second-order valence-corrected chi connectivity index (χ2v) is 10.8. The Morgan fingerprint density at radius 2 is 1.76 bits per heavy atom. The van der Waals surface area contributed by atoms with Crippen LogP contribution >= 0.6 is 0 Å². The summed E-state index contributed by atoms with van der Waals surface area (Å²) < 4.78 is 5.75. The lowest BCUT2D eigenvalue weighted by Gasteiger charge is -2.41. The monoisotopic (exact) mass is 471 g/mol. The number of carbonyl (C=O) groups excluding carboxylic acids is 2. The van der Waals surface area contributed by atoms with Gasteiger partial charge in [-0.2, -0.15) is 0 Å². The van der Waals surface area contributed by atoms with Crippen molar-refractivity contribution in [2.45, 2.75) is 85.2 Å².